The molecule has 0 radical (unpaired) electrons. The van der Waals surface area contributed by atoms with Crippen molar-refractivity contribution in [2.24, 2.45) is 4.99 Å². The number of hydrogen-bond donors (Lipinski definition) is 0. The normalized spacial score (nSPS) is 14.5. The first kappa shape index (κ1) is 15.5. The Morgan fingerprint density at radius 3 is 2.35 bits per heavy atom. The first-order chi connectivity index (χ1) is 10.8. The summed E-state index contributed by atoms with van der Waals surface area (Å²) in [6.45, 7) is 4.09. The summed E-state index contributed by atoms with van der Waals surface area (Å²) >= 11 is 0. The van der Waals surface area contributed by atoms with E-state index in [1.54, 1.807) is 7.05 Å². The molecule has 4 rings (SSSR count). The van der Waals surface area contributed by atoms with Gasteiger partial charge in [-0.05, 0) is 44.8 Å². The first-order valence-corrected chi connectivity index (χ1v) is 7.29. The van der Waals surface area contributed by atoms with Gasteiger partial charge in [0.05, 0.1) is 0 Å². The van der Waals surface area contributed by atoms with E-state index in [4.69, 9.17) is 0 Å². The van der Waals surface area contributed by atoms with Crippen molar-refractivity contribution in [1.29, 1.82) is 0 Å². The maximum Gasteiger partial charge on any atom is 1.00 e. The summed E-state index contributed by atoms with van der Waals surface area (Å²) < 4.78 is 0. The summed E-state index contributed by atoms with van der Waals surface area (Å²) in [6.07, 6.45) is 0. The summed E-state index contributed by atoms with van der Waals surface area (Å²) in [5.74, 6) is 0.768. The Kier molecular flexibility index (Phi) is 4.08. The molecule has 0 unspecified atom stereocenters. The Balaban J connectivity index is 0.00000156. The van der Waals surface area contributed by atoms with Gasteiger partial charge < -0.3 is 10.3 Å². The topological polar surface area (TPSA) is 26.5 Å². The largest absolute Gasteiger partial charge is 1.00 e. The summed E-state index contributed by atoms with van der Waals surface area (Å²) in [5.41, 5.74) is 5.34. The third-order valence-corrected chi connectivity index (χ3v) is 4.10. The predicted octanol–water partition coefficient (Wildman–Crippen LogP) is 5.24. The summed E-state index contributed by atoms with van der Waals surface area (Å²) in [6, 6.07) is 21.0. The Bertz CT molecular complexity index is 927. The molecule has 3 aromatic carbocycles. The minimum Gasteiger partial charge on any atom is -0.468 e. The first-order valence-electron chi connectivity index (χ1n) is 7.29. The zero-order valence-corrected chi connectivity index (χ0v) is 13.6. The zero-order valence-electron chi connectivity index (χ0n) is 12.7. The molecule has 0 bridgehead atoms. The average Bonchev–Trinajstić information content (AvgIpc) is 2.89. The molecule has 0 saturated heterocycles. The van der Waals surface area contributed by atoms with Crippen LogP contribution in [0.2, 0.25) is 0 Å². The number of rotatable bonds is 1. The van der Waals surface area contributed by atoms with E-state index in [2.05, 4.69) is 71.5 Å². The smallest absolute Gasteiger partial charge is 0.468 e. The molecule has 3 heteroatoms. The molecule has 0 aromatic heterocycles. The van der Waals surface area contributed by atoms with Gasteiger partial charge in [-0.15, -0.1) is 0 Å². The summed E-state index contributed by atoms with van der Waals surface area (Å²) in [7, 11) is 1.78. The third-order valence-electron chi connectivity index (χ3n) is 4.10. The minimum atomic E-state index is 0. The number of fused-ring (bicyclic) bond motifs is 2. The third kappa shape index (κ3) is 2.39. The fourth-order valence-electron chi connectivity index (χ4n) is 3.12. The van der Waals surface area contributed by atoms with E-state index in [1.165, 1.54) is 21.9 Å². The van der Waals surface area contributed by atoms with Gasteiger partial charge in [-0.3, -0.25) is 0 Å². The van der Waals surface area contributed by atoms with E-state index >= 15 is 0 Å². The van der Waals surface area contributed by atoms with Crippen LogP contribution in [0.3, 0.4) is 0 Å². The van der Waals surface area contributed by atoms with Crippen LogP contribution in [0.25, 0.3) is 32.9 Å². The van der Waals surface area contributed by atoms with Gasteiger partial charge in [-0.2, -0.15) is 0 Å². The van der Waals surface area contributed by atoms with Gasteiger partial charge in [0.2, 0.25) is 0 Å². The molecule has 0 N–H and O–H groups in total. The van der Waals surface area contributed by atoms with Gasteiger partial charge in [0.1, 0.15) is 0 Å². The molecule has 1 aliphatic rings. The molecule has 23 heavy (non-hydrogen) atoms. The maximum absolute atomic E-state index is 4.54. The minimum absolute atomic E-state index is 0. The van der Waals surface area contributed by atoms with Gasteiger partial charge >= 0.3 is 17.1 Å². The Morgan fingerprint density at radius 2 is 1.61 bits per heavy atom. The van der Waals surface area contributed by atoms with E-state index in [-0.39, 0.29) is 17.1 Å². The second-order valence-electron chi connectivity index (χ2n) is 5.37. The Labute approximate surface area is 146 Å². The molecule has 0 saturated carbocycles. The van der Waals surface area contributed by atoms with Crippen molar-refractivity contribution in [2.75, 3.05) is 7.05 Å². The van der Waals surface area contributed by atoms with Crippen LogP contribution in [-0.4, -0.2) is 12.9 Å². The molecule has 0 fully saturated rings. The predicted molar refractivity (Wildman–Crippen MR) is 94.2 cm³/mol. The molecule has 1 aliphatic heterocycles. The summed E-state index contributed by atoms with van der Waals surface area (Å²) in [4.78, 5) is 4.36. The van der Waals surface area contributed by atoms with Crippen LogP contribution in [0, 0.1) is 0 Å². The SMILES string of the molecule is C=C1[N-]C(=NC)c2c1cc1ccccc1c2-c1ccccc1.[Cu+]. The van der Waals surface area contributed by atoms with Crippen molar-refractivity contribution in [1.82, 2.24) is 0 Å². The van der Waals surface area contributed by atoms with Crippen LogP contribution in [0.4, 0.5) is 0 Å². The number of benzene rings is 3. The van der Waals surface area contributed by atoms with Crippen molar-refractivity contribution >= 4 is 22.3 Å². The number of amidine groups is 1. The van der Waals surface area contributed by atoms with E-state index in [9.17, 15) is 0 Å². The molecule has 1 heterocycles. The van der Waals surface area contributed by atoms with E-state index in [0.29, 0.717) is 0 Å². The van der Waals surface area contributed by atoms with Crippen molar-refractivity contribution in [3.05, 3.63) is 83.7 Å². The molecule has 3 aromatic rings. The van der Waals surface area contributed by atoms with Crippen molar-refractivity contribution in [2.45, 2.75) is 0 Å². The second kappa shape index (κ2) is 6.04. The van der Waals surface area contributed by atoms with Gasteiger partial charge in [-0.25, -0.2) is 0 Å². The molecular formula is C20H15CuN2. The van der Waals surface area contributed by atoms with Crippen LogP contribution in [0.15, 0.2) is 72.2 Å². The van der Waals surface area contributed by atoms with Gasteiger partial charge in [0.25, 0.3) is 0 Å². The van der Waals surface area contributed by atoms with Crippen molar-refractivity contribution in [3.8, 4) is 11.1 Å². The van der Waals surface area contributed by atoms with E-state index in [1.807, 2.05) is 6.07 Å². The molecule has 0 atom stereocenters. The maximum atomic E-state index is 4.54. The number of hydrogen-bond acceptors (Lipinski definition) is 1. The van der Waals surface area contributed by atoms with Crippen molar-refractivity contribution < 1.29 is 17.1 Å². The second-order valence-corrected chi connectivity index (χ2v) is 5.37. The molecular weight excluding hydrogens is 332 g/mol. The fraction of sp³-hybridized carbons (Fsp3) is 0.0500. The molecule has 0 amide bonds. The Morgan fingerprint density at radius 1 is 0.913 bits per heavy atom. The Hall–Kier alpha value is -2.35. The summed E-state index contributed by atoms with van der Waals surface area (Å²) in [5, 5.41) is 6.96. The van der Waals surface area contributed by atoms with Crippen LogP contribution in [0.5, 0.6) is 0 Å². The molecule has 116 valence electrons. The van der Waals surface area contributed by atoms with E-state index in [0.717, 1.165) is 22.7 Å². The van der Waals surface area contributed by atoms with Gasteiger partial charge in [0, 0.05) is 0 Å². The molecule has 0 spiro atoms. The van der Waals surface area contributed by atoms with Crippen LogP contribution < -0.4 is 0 Å². The number of nitrogens with zero attached hydrogens (tertiary/aromatic N) is 2. The standard InChI is InChI=1S/C20H15N2.Cu/c1-13-17-12-15-10-6-7-11-16(15)18(14-8-4-3-5-9-14)19(17)20(21-2)22-13;/h3-12H,1H2,2H3;/q-1;+1. The van der Waals surface area contributed by atoms with E-state index < -0.39 is 0 Å². The zero-order chi connectivity index (χ0) is 15.1. The van der Waals surface area contributed by atoms with Crippen LogP contribution in [-0.2, 0) is 17.1 Å². The van der Waals surface area contributed by atoms with Gasteiger partial charge in [-0.1, -0.05) is 74.1 Å². The fourth-order valence-corrected chi connectivity index (χ4v) is 3.12. The average molecular weight is 347 g/mol. The quantitative estimate of drug-likeness (QED) is 0.539. The monoisotopic (exact) mass is 346 g/mol. The molecule has 0 aliphatic carbocycles. The van der Waals surface area contributed by atoms with Crippen molar-refractivity contribution in [3.63, 3.8) is 0 Å². The van der Waals surface area contributed by atoms with Gasteiger partial charge in [0.15, 0.2) is 0 Å². The van der Waals surface area contributed by atoms with Crippen LogP contribution >= 0.6 is 0 Å². The number of aliphatic imine (C=N–C) groups is 1. The molecule has 2 nitrogen and oxygen atoms in total. The van der Waals surface area contributed by atoms with Crippen LogP contribution in [0.1, 0.15) is 11.1 Å².